The Morgan fingerprint density at radius 3 is 2.78 bits per heavy atom. The maximum atomic E-state index is 11.9. The molecule has 2 aromatic rings. The van der Waals surface area contributed by atoms with Crippen LogP contribution in [0.25, 0.3) is 0 Å². The van der Waals surface area contributed by atoms with Gasteiger partial charge in [-0.15, -0.1) is 0 Å². The fourth-order valence-corrected chi connectivity index (χ4v) is 2.76. The number of anilines is 1. The van der Waals surface area contributed by atoms with Gasteiger partial charge in [-0.25, -0.2) is 4.98 Å². The van der Waals surface area contributed by atoms with Gasteiger partial charge in [0, 0.05) is 32.0 Å². The van der Waals surface area contributed by atoms with Gasteiger partial charge in [0.2, 0.25) is 0 Å². The highest BCUT2D eigenvalue weighted by molar-refractivity contribution is 5.35. The summed E-state index contributed by atoms with van der Waals surface area (Å²) >= 11 is 0. The van der Waals surface area contributed by atoms with E-state index in [1.165, 1.54) is 0 Å². The summed E-state index contributed by atoms with van der Waals surface area (Å²) in [7, 11) is 0. The first-order valence-corrected chi connectivity index (χ1v) is 7.98. The van der Waals surface area contributed by atoms with E-state index in [9.17, 15) is 4.79 Å². The zero-order valence-corrected chi connectivity index (χ0v) is 13.1. The Morgan fingerprint density at radius 1 is 1.26 bits per heavy atom. The molecule has 1 aromatic carbocycles. The molecular formula is C17H22N4O2. The lowest BCUT2D eigenvalue weighted by atomic mass is 10.0. The molecular weight excluding hydrogens is 292 g/mol. The van der Waals surface area contributed by atoms with Gasteiger partial charge in [-0.05, 0) is 12.0 Å². The summed E-state index contributed by atoms with van der Waals surface area (Å²) in [5.41, 5.74) is 0.964. The zero-order chi connectivity index (χ0) is 15.9. The SMILES string of the molecule is O=c1[nH]ccnc1NC(CCN1CCOCC1)c1ccccc1. The van der Waals surface area contributed by atoms with E-state index < -0.39 is 0 Å². The van der Waals surface area contributed by atoms with E-state index in [0.29, 0.717) is 5.82 Å². The lowest BCUT2D eigenvalue weighted by Gasteiger charge is -2.28. The Bertz CT molecular complexity index is 653. The fraction of sp³-hybridized carbons (Fsp3) is 0.412. The van der Waals surface area contributed by atoms with Gasteiger partial charge in [0.1, 0.15) is 0 Å². The average Bonchev–Trinajstić information content (AvgIpc) is 2.62. The molecule has 3 rings (SSSR count). The topological polar surface area (TPSA) is 70.2 Å². The molecule has 0 aliphatic carbocycles. The summed E-state index contributed by atoms with van der Waals surface area (Å²) in [6.45, 7) is 4.48. The second kappa shape index (κ2) is 7.89. The predicted octanol–water partition coefficient (Wildman–Crippen LogP) is 1.65. The molecule has 0 spiro atoms. The highest BCUT2D eigenvalue weighted by atomic mass is 16.5. The van der Waals surface area contributed by atoms with Crippen LogP contribution < -0.4 is 10.9 Å². The monoisotopic (exact) mass is 314 g/mol. The van der Waals surface area contributed by atoms with E-state index in [1.807, 2.05) is 18.2 Å². The number of nitrogens with one attached hydrogen (secondary N) is 2. The van der Waals surface area contributed by atoms with Crippen LogP contribution in [0.4, 0.5) is 5.82 Å². The molecule has 1 saturated heterocycles. The van der Waals surface area contributed by atoms with Crippen LogP contribution >= 0.6 is 0 Å². The summed E-state index contributed by atoms with van der Waals surface area (Å²) in [5, 5.41) is 3.29. The van der Waals surface area contributed by atoms with Crippen molar-refractivity contribution in [1.82, 2.24) is 14.9 Å². The Hall–Kier alpha value is -2.18. The zero-order valence-electron chi connectivity index (χ0n) is 13.1. The van der Waals surface area contributed by atoms with Crippen molar-refractivity contribution >= 4 is 5.82 Å². The third-order valence-electron chi connectivity index (χ3n) is 4.06. The minimum Gasteiger partial charge on any atom is -0.379 e. The molecule has 2 heterocycles. The summed E-state index contributed by atoms with van der Waals surface area (Å²) in [6.07, 6.45) is 4.03. The Labute approximate surface area is 135 Å². The van der Waals surface area contributed by atoms with E-state index in [0.717, 1.165) is 44.8 Å². The first-order chi connectivity index (χ1) is 11.3. The molecule has 1 aliphatic heterocycles. The summed E-state index contributed by atoms with van der Waals surface area (Å²) in [6, 6.07) is 10.2. The van der Waals surface area contributed by atoms with Crippen LogP contribution in [0.3, 0.4) is 0 Å². The third-order valence-corrected chi connectivity index (χ3v) is 4.06. The summed E-state index contributed by atoms with van der Waals surface area (Å²) < 4.78 is 5.39. The van der Waals surface area contributed by atoms with Gasteiger partial charge >= 0.3 is 0 Å². The van der Waals surface area contributed by atoms with Gasteiger partial charge in [-0.3, -0.25) is 9.69 Å². The molecule has 0 amide bonds. The van der Waals surface area contributed by atoms with Crippen LogP contribution in [-0.4, -0.2) is 47.7 Å². The van der Waals surface area contributed by atoms with Crippen molar-refractivity contribution in [3.8, 4) is 0 Å². The molecule has 1 fully saturated rings. The van der Waals surface area contributed by atoms with E-state index in [-0.39, 0.29) is 11.6 Å². The molecule has 6 nitrogen and oxygen atoms in total. The largest absolute Gasteiger partial charge is 0.379 e. The minimum absolute atomic E-state index is 0.0510. The van der Waals surface area contributed by atoms with Crippen LogP contribution in [0.1, 0.15) is 18.0 Å². The highest BCUT2D eigenvalue weighted by Gasteiger charge is 2.17. The number of benzene rings is 1. The van der Waals surface area contributed by atoms with Crippen molar-refractivity contribution in [2.45, 2.75) is 12.5 Å². The number of aromatic amines is 1. The molecule has 1 aromatic heterocycles. The third kappa shape index (κ3) is 4.40. The number of ether oxygens (including phenoxy) is 1. The second-order valence-corrected chi connectivity index (χ2v) is 5.62. The van der Waals surface area contributed by atoms with Crippen LogP contribution in [0.15, 0.2) is 47.5 Å². The first kappa shape index (κ1) is 15.7. The van der Waals surface area contributed by atoms with Crippen LogP contribution in [0, 0.1) is 0 Å². The molecule has 2 N–H and O–H groups in total. The van der Waals surface area contributed by atoms with Gasteiger partial charge in [-0.2, -0.15) is 0 Å². The van der Waals surface area contributed by atoms with Gasteiger partial charge in [-0.1, -0.05) is 30.3 Å². The van der Waals surface area contributed by atoms with Crippen molar-refractivity contribution in [3.05, 3.63) is 58.6 Å². The van der Waals surface area contributed by atoms with Crippen molar-refractivity contribution in [2.75, 3.05) is 38.2 Å². The normalized spacial score (nSPS) is 16.9. The lowest BCUT2D eigenvalue weighted by Crippen LogP contribution is -2.37. The quantitative estimate of drug-likeness (QED) is 0.848. The average molecular weight is 314 g/mol. The maximum Gasteiger partial charge on any atom is 0.290 e. The number of morpholine rings is 1. The van der Waals surface area contributed by atoms with Crippen molar-refractivity contribution in [3.63, 3.8) is 0 Å². The van der Waals surface area contributed by atoms with Crippen LogP contribution in [0.2, 0.25) is 0 Å². The molecule has 1 unspecified atom stereocenters. The number of hydrogen-bond acceptors (Lipinski definition) is 5. The second-order valence-electron chi connectivity index (χ2n) is 5.62. The van der Waals surface area contributed by atoms with E-state index in [2.05, 4.69) is 32.3 Å². The number of nitrogens with zero attached hydrogens (tertiary/aromatic N) is 2. The lowest BCUT2D eigenvalue weighted by molar-refractivity contribution is 0.0368. The molecule has 1 atom stereocenters. The predicted molar refractivity (Wildman–Crippen MR) is 89.5 cm³/mol. The molecule has 0 bridgehead atoms. The molecule has 0 saturated carbocycles. The molecule has 23 heavy (non-hydrogen) atoms. The van der Waals surface area contributed by atoms with E-state index in [1.54, 1.807) is 12.4 Å². The van der Waals surface area contributed by atoms with Gasteiger partial charge in [0.25, 0.3) is 5.56 Å². The van der Waals surface area contributed by atoms with E-state index >= 15 is 0 Å². The van der Waals surface area contributed by atoms with Crippen molar-refractivity contribution in [1.29, 1.82) is 0 Å². The van der Waals surface area contributed by atoms with Crippen LogP contribution in [0.5, 0.6) is 0 Å². The number of aromatic nitrogens is 2. The minimum atomic E-state index is -0.195. The van der Waals surface area contributed by atoms with Crippen LogP contribution in [-0.2, 0) is 4.74 Å². The molecule has 1 aliphatic rings. The Morgan fingerprint density at radius 2 is 2.04 bits per heavy atom. The Balaban J connectivity index is 1.71. The number of hydrogen-bond donors (Lipinski definition) is 2. The summed E-state index contributed by atoms with van der Waals surface area (Å²) in [5.74, 6) is 0.364. The van der Waals surface area contributed by atoms with E-state index in [4.69, 9.17) is 4.74 Å². The smallest absolute Gasteiger partial charge is 0.290 e. The first-order valence-electron chi connectivity index (χ1n) is 7.98. The highest BCUT2D eigenvalue weighted by Crippen LogP contribution is 2.20. The van der Waals surface area contributed by atoms with Gasteiger partial charge in [0.05, 0.1) is 19.3 Å². The Kier molecular flexibility index (Phi) is 5.39. The molecule has 122 valence electrons. The summed E-state index contributed by atoms with van der Waals surface area (Å²) in [4.78, 5) is 21.1. The van der Waals surface area contributed by atoms with Gasteiger partial charge in [0.15, 0.2) is 5.82 Å². The van der Waals surface area contributed by atoms with Crippen molar-refractivity contribution in [2.24, 2.45) is 0 Å². The fourth-order valence-electron chi connectivity index (χ4n) is 2.76. The molecule has 0 radical (unpaired) electrons. The number of rotatable bonds is 6. The molecule has 6 heteroatoms. The van der Waals surface area contributed by atoms with Gasteiger partial charge < -0.3 is 15.0 Å². The number of H-pyrrole nitrogens is 1. The standard InChI is InChI=1S/C17H22N4O2/c22-17-16(18-7-8-19-17)20-15(14-4-2-1-3-5-14)6-9-21-10-12-23-13-11-21/h1-5,7-8,15H,6,9-13H2,(H,18,20)(H,19,22). The maximum absolute atomic E-state index is 11.9. The van der Waals surface area contributed by atoms with Crippen molar-refractivity contribution < 1.29 is 4.74 Å².